The lowest BCUT2D eigenvalue weighted by atomic mass is 9.79. The molecule has 2 aliphatic rings. The zero-order chi connectivity index (χ0) is 23.4. The number of hydrogen-bond acceptors (Lipinski definition) is 4. The van der Waals surface area contributed by atoms with Crippen LogP contribution in [0.4, 0.5) is 13.2 Å². The van der Waals surface area contributed by atoms with Gasteiger partial charge in [0.1, 0.15) is 5.69 Å². The number of aliphatic carboxylic acids is 1. The second-order valence-electron chi connectivity index (χ2n) is 8.42. The van der Waals surface area contributed by atoms with Gasteiger partial charge in [0.2, 0.25) is 0 Å². The van der Waals surface area contributed by atoms with Crippen LogP contribution in [-0.4, -0.2) is 68.7 Å². The number of piperidine rings is 1. The molecule has 10 heteroatoms. The summed E-state index contributed by atoms with van der Waals surface area (Å²) in [7, 11) is 1.94. The van der Waals surface area contributed by atoms with Gasteiger partial charge in [-0.3, -0.25) is 14.7 Å². The molecule has 2 saturated heterocycles. The maximum atomic E-state index is 12.8. The van der Waals surface area contributed by atoms with Crippen molar-refractivity contribution in [2.75, 3.05) is 26.2 Å². The molecule has 1 unspecified atom stereocenters. The van der Waals surface area contributed by atoms with E-state index in [0.717, 1.165) is 50.5 Å². The maximum absolute atomic E-state index is 12.8. The van der Waals surface area contributed by atoms with Crippen LogP contribution in [0.3, 0.4) is 0 Å². The van der Waals surface area contributed by atoms with Crippen molar-refractivity contribution in [2.24, 2.45) is 12.5 Å². The van der Waals surface area contributed by atoms with Crippen LogP contribution >= 0.6 is 0 Å². The molecule has 32 heavy (non-hydrogen) atoms. The predicted octanol–water partition coefficient (Wildman–Crippen LogP) is 3.18. The van der Waals surface area contributed by atoms with E-state index < -0.39 is 12.1 Å². The van der Waals surface area contributed by atoms with Gasteiger partial charge in [-0.2, -0.15) is 13.2 Å². The van der Waals surface area contributed by atoms with Crippen molar-refractivity contribution in [3.63, 3.8) is 0 Å². The second-order valence-corrected chi connectivity index (χ2v) is 8.42. The molecule has 1 atom stereocenters. The molecule has 0 aliphatic carbocycles. The van der Waals surface area contributed by atoms with Crippen LogP contribution in [0.1, 0.15) is 35.4 Å². The van der Waals surface area contributed by atoms with E-state index in [1.54, 1.807) is 0 Å². The molecule has 174 valence electrons. The van der Waals surface area contributed by atoms with Gasteiger partial charge in [0.05, 0.1) is 5.69 Å². The molecular formula is C22H27F3N4O3. The molecule has 2 fully saturated rings. The maximum Gasteiger partial charge on any atom is 0.490 e. The fourth-order valence-corrected chi connectivity index (χ4v) is 4.45. The third kappa shape index (κ3) is 5.87. The quantitative estimate of drug-likeness (QED) is 0.774. The zero-order valence-corrected chi connectivity index (χ0v) is 17.9. The van der Waals surface area contributed by atoms with Gasteiger partial charge in [-0.25, -0.2) is 4.79 Å². The van der Waals surface area contributed by atoms with Gasteiger partial charge in [-0.15, -0.1) is 0 Å². The lowest BCUT2D eigenvalue weighted by molar-refractivity contribution is -0.192. The number of rotatable bonds is 3. The SMILES string of the molecule is Cn1cccc1C(=O)N1CCC2(CCCN(Cc3ccccn3)C2)C1.O=C(O)C(F)(F)F. The summed E-state index contributed by atoms with van der Waals surface area (Å²) in [5.41, 5.74) is 2.18. The first-order chi connectivity index (χ1) is 15.1. The van der Waals surface area contributed by atoms with Crippen LogP contribution in [0.25, 0.3) is 0 Å². The first-order valence-corrected chi connectivity index (χ1v) is 10.4. The second kappa shape index (κ2) is 9.72. The van der Waals surface area contributed by atoms with E-state index in [2.05, 4.69) is 26.9 Å². The van der Waals surface area contributed by atoms with Gasteiger partial charge in [0.15, 0.2) is 0 Å². The first-order valence-electron chi connectivity index (χ1n) is 10.4. The summed E-state index contributed by atoms with van der Waals surface area (Å²) in [6.07, 6.45) is 2.27. The highest BCUT2D eigenvalue weighted by Crippen LogP contribution is 2.39. The topological polar surface area (TPSA) is 78.7 Å². The van der Waals surface area contributed by atoms with Crippen molar-refractivity contribution < 1.29 is 27.9 Å². The van der Waals surface area contributed by atoms with Gasteiger partial charge in [-0.05, 0) is 50.1 Å². The third-order valence-electron chi connectivity index (χ3n) is 5.98. The number of halogens is 3. The van der Waals surface area contributed by atoms with E-state index in [1.807, 2.05) is 42.2 Å². The Labute approximate surface area is 184 Å². The van der Waals surface area contributed by atoms with Crippen LogP contribution < -0.4 is 0 Å². The van der Waals surface area contributed by atoms with Crippen LogP contribution in [0, 0.1) is 5.41 Å². The van der Waals surface area contributed by atoms with E-state index >= 15 is 0 Å². The minimum absolute atomic E-state index is 0.172. The Morgan fingerprint density at radius 2 is 1.88 bits per heavy atom. The molecule has 4 heterocycles. The number of carboxylic acids is 1. The molecule has 2 aromatic rings. The van der Waals surface area contributed by atoms with Gasteiger partial charge in [0, 0.05) is 51.0 Å². The number of alkyl halides is 3. The minimum Gasteiger partial charge on any atom is -0.475 e. The summed E-state index contributed by atoms with van der Waals surface area (Å²) in [4.78, 5) is 30.7. The normalized spacial score (nSPS) is 21.3. The Bertz CT molecular complexity index is 932. The van der Waals surface area contributed by atoms with Gasteiger partial charge in [0.25, 0.3) is 5.91 Å². The molecule has 2 aromatic heterocycles. The molecule has 1 amide bonds. The number of carboxylic acid groups (broad SMARTS) is 1. The van der Waals surface area contributed by atoms with Gasteiger partial charge in [-0.1, -0.05) is 6.07 Å². The molecule has 0 saturated carbocycles. The number of hydrogen-bond donors (Lipinski definition) is 1. The van der Waals surface area contributed by atoms with Crippen LogP contribution in [0.15, 0.2) is 42.7 Å². The largest absolute Gasteiger partial charge is 0.490 e. The lowest BCUT2D eigenvalue weighted by Crippen LogP contribution is -2.45. The van der Waals surface area contributed by atoms with Gasteiger partial charge < -0.3 is 14.6 Å². The Hall–Kier alpha value is -2.88. The minimum atomic E-state index is -5.08. The molecule has 1 spiro atoms. The standard InChI is InChI=1S/C20H26N4O.C2HF3O2/c1-22-11-4-7-18(22)19(25)24-13-9-20(16-24)8-5-12-23(15-20)14-17-6-2-3-10-21-17;3-2(4,5)1(6)7/h2-4,6-7,10-11H,5,8-9,12-16H2,1H3;(H,6,7). The van der Waals surface area contributed by atoms with E-state index in [1.165, 1.54) is 12.8 Å². The van der Waals surface area contributed by atoms with Crippen molar-refractivity contribution >= 4 is 11.9 Å². The molecular weight excluding hydrogens is 425 g/mol. The molecule has 2 aliphatic heterocycles. The van der Waals surface area contributed by atoms with Crippen molar-refractivity contribution in [1.29, 1.82) is 0 Å². The molecule has 0 radical (unpaired) electrons. The molecule has 4 rings (SSSR count). The summed E-state index contributed by atoms with van der Waals surface area (Å²) in [6.45, 7) is 4.87. The third-order valence-corrected chi connectivity index (χ3v) is 5.98. The van der Waals surface area contributed by atoms with Crippen molar-refractivity contribution in [1.82, 2.24) is 19.4 Å². The van der Waals surface area contributed by atoms with Crippen molar-refractivity contribution in [3.8, 4) is 0 Å². The molecule has 0 bridgehead atoms. The Morgan fingerprint density at radius 3 is 2.47 bits per heavy atom. The Morgan fingerprint density at radius 1 is 1.12 bits per heavy atom. The molecule has 0 aromatic carbocycles. The summed E-state index contributed by atoms with van der Waals surface area (Å²) >= 11 is 0. The van der Waals surface area contributed by atoms with Crippen molar-refractivity contribution in [2.45, 2.75) is 32.0 Å². The number of pyridine rings is 1. The average molecular weight is 452 g/mol. The van der Waals surface area contributed by atoms with E-state index in [-0.39, 0.29) is 11.3 Å². The highest BCUT2D eigenvalue weighted by Gasteiger charge is 2.43. The monoisotopic (exact) mass is 452 g/mol. The number of nitrogens with zero attached hydrogens (tertiary/aromatic N) is 4. The molecule has 1 N–H and O–H groups in total. The molecule has 7 nitrogen and oxygen atoms in total. The number of likely N-dealkylation sites (tertiary alicyclic amines) is 2. The van der Waals surface area contributed by atoms with Crippen LogP contribution in [0.5, 0.6) is 0 Å². The van der Waals surface area contributed by atoms with Crippen LogP contribution in [-0.2, 0) is 18.4 Å². The average Bonchev–Trinajstić information content (AvgIpc) is 3.35. The van der Waals surface area contributed by atoms with E-state index in [0.29, 0.717) is 0 Å². The number of amides is 1. The number of aromatic nitrogens is 2. The van der Waals surface area contributed by atoms with E-state index in [9.17, 15) is 18.0 Å². The lowest BCUT2D eigenvalue weighted by Gasteiger charge is -2.40. The van der Waals surface area contributed by atoms with Gasteiger partial charge >= 0.3 is 12.1 Å². The van der Waals surface area contributed by atoms with E-state index in [4.69, 9.17) is 9.90 Å². The first kappa shape index (κ1) is 23.8. The zero-order valence-electron chi connectivity index (χ0n) is 17.9. The summed E-state index contributed by atoms with van der Waals surface area (Å²) in [5.74, 6) is -2.58. The summed E-state index contributed by atoms with van der Waals surface area (Å²) in [6, 6.07) is 9.97. The number of carbonyl (C=O) groups is 2. The number of carbonyl (C=O) groups excluding carboxylic acids is 1. The fraction of sp³-hybridized carbons (Fsp3) is 0.500. The summed E-state index contributed by atoms with van der Waals surface area (Å²) in [5, 5.41) is 7.12. The van der Waals surface area contributed by atoms with Crippen molar-refractivity contribution in [3.05, 3.63) is 54.1 Å². The smallest absolute Gasteiger partial charge is 0.475 e. The highest BCUT2D eigenvalue weighted by atomic mass is 19.4. The van der Waals surface area contributed by atoms with Crippen LogP contribution in [0.2, 0.25) is 0 Å². The number of aryl methyl sites for hydroxylation is 1. The Kier molecular flexibility index (Phi) is 7.22. The Balaban J connectivity index is 0.000000360. The highest BCUT2D eigenvalue weighted by molar-refractivity contribution is 5.93. The summed E-state index contributed by atoms with van der Waals surface area (Å²) < 4.78 is 33.7. The fourth-order valence-electron chi connectivity index (χ4n) is 4.45. The predicted molar refractivity (Wildman–Crippen MR) is 111 cm³/mol.